The van der Waals surface area contributed by atoms with Crippen LogP contribution in [0.2, 0.25) is 5.02 Å². The Morgan fingerprint density at radius 2 is 1.91 bits per heavy atom. The van der Waals surface area contributed by atoms with Crippen molar-refractivity contribution in [2.24, 2.45) is 0 Å². The zero-order chi connectivity index (χ0) is 15.9. The number of aryl methyl sites for hydroxylation is 2. The van der Waals surface area contributed by atoms with E-state index >= 15 is 0 Å². The van der Waals surface area contributed by atoms with Gasteiger partial charge in [0.25, 0.3) is 5.91 Å². The van der Waals surface area contributed by atoms with Crippen molar-refractivity contribution in [2.45, 2.75) is 20.8 Å². The predicted molar refractivity (Wildman–Crippen MR) is 85.2 cm³/mol. The highest BCUT2D eigenvalue weighted by molar-refractivity contribution is 7.16. The molecule has 1 saturated heterocycles. The van der Waals surface area contributed by atoms with E-state index in [9.17, 15) is 4.79 Å². The minimum absolute atomic E-state index is 0.0113. The summed E-state index contributed by atoms with van der Waals surface area (Å²) in [5.41, 5.74) is 2.31. The summed E-state index contributed by atoms with van der Waals surface area (Å²) in [6, 6.07) is 0. The number of thiazole rings is 1. The summed E-state index contributed by atoms with van der Waals surface area (Å²) in [5.74, 6) is 0.0113. The average molecular weight is 341 g/mol. The molecule has 0 aromatic carbocycles. The molecule has 2 aromatic rings. The van der Waals surface area contributed by atoms with E-state index in [4.69, 9.17) is 16.3 Å². The van der Waals surface area contributed by atoms with Crippen LogP contribution in [0.5, 0.6) is 0 Å². The summed E-state index contributed by atoms with van der Waals surface area (Å²) in [6.07, 6.45) is 0. The Bertz CT molecular complexity index is 719. The van der Waals surface area contributed by atoms with Crippen LogP contribution >= 0.6 is 22.9 Å². The summed E-state index contributed by atoms with van der Waals surface area (Å²) in [4.78, 5) is 19.6. The van der Waals surface area contributed by atoms with Crippen molar-refractivity contribution in [3.8, 4) is 5.13 Å². The van der Waals surface area contributed by atoms with E-state index in [1.807, 2.05) is 25.7 Å². The molecule has 3 rings (SSSR count). The van der Waals surface area contributed by atoms with Crippen molar-refractivity contribution >= 4 is 28.8 Å². The fourth-order valence-corrected chi connectivity index (χ4v) is 3.55. The van der Waals surface area contributed by atoms with E-state index in [2.05, 4.69) is 10.1 Å². The van der Waals surface area contributed by atoms with Crippen LogP contribution in [0.3, 0.4) is 0 Å². The number of morpholine rings is 1. The van der Waals surface area contributed by atoms with Gasteiger partial charge in [-0.15, -0.1) is 0 Å². The first-order valence-electron chi connectivity index (χ1n) is 7.05. The summed E-state index contributed by atoms with van der Waals surface area (Å²) in [7, 11) is 0. The number of carbonyl (C=O) groups is 1. The number of rotatable bonds is 2. The monoisotopic (exact) mass is 340 g/mol. The van der Waals surface area contributed by atoms with Gasteiger partial charge in [-0.2, -0.15) is 5.10 Å². The standard InChI is InChI=1S/C14H17ClN4O2S/c1-8-11(15)10(3)19(17-8)14-16-9(2)12(22-14)13(20)18-4-6-21-7-5-18/h4-7H2,1-3H3. The van der Waals surface area contributed by atoms with Crippen LogP contribution in [0.15, 0.2) is 0 Å². The van der Waals surface area contributed by atoms with E-state index in [0.717, 1.165) is 17.1 Å². The second kappa shape index (κ2) is 5.98. The molecule has 22 heavy (non-hydrogen) atoms. The molecule has 0 bridgehead atoms. The number of ether oxygens (including phenoxy) is 1. The van der Waals surface area contributed by atoms with Gasteiger partial charge in [0.2, 0.25) is 5.13 Å². The molecule has 8 heteroatoms. The number of aromatic nitrogens is 3. The fourth-order valence-electron chi connectivity index (χ4n) is 2.39. The van der Waals surface area contributed by atoms with Crippen LogP contribution in [-0.4, -0.2) is 51.9 Å². The molecule has 0 spiro atoms. The van der Waals surface area contributed by atoms with Crippen LogP contribution in [-0.2, 0) is 4.74 Å². The SMILES string of the molecule is Cc1nc(-n2nc(C)c(Cl)c2C)sc1C(=O)N1CCOCC1. The Hall–Kier alpha value is -1.44. The van der Waals surface area contributed by atoms with Crippen LogP contribution < -0.4 is 0 Å². The summed E-state index contributed by atoms with van der Waals surface area (Å²) >= 11 is 7.53. The minimum atomic E-state index is 0.0113. The predicted octanol–water partition coefficient (Wildman–Crippen LogP) is 2.38. The topological polar surface area (TPSA) is 60.2 Å². The maximum Gasteiger partial charge on any atom is 0.266 e. The average Bonchev–Trinajstić information content (AvgIpc) is 3.03. The molecule has 1 amide bonds. The zero-order valence-corrected chi connectivity index (χ0v) is 14.3. The maximum absolute atomic E-state index is 12.6. The zero-order valence-electron chi connectivity index (χ0n) is 12.7. The van der Waals surface area contributed by atoms with Crippen molar-refractivity contribution in [2.75, 3.05) is 26.3 Å². The van der Waals surface area contributed by atoms with Gasteiger partial charge in [0, 0.05) is 13.1 Å². The number of hydrogen-bond acceptors (Lipinski definition) is 5. The molecular formula is C14H17ClN4O2S. The smallest absolute Gasteiger partial charge is 0.266 e. The second-order valence-corrected chi connectivity index (χ2v) is 6.57. The van der Waals surface area contributed by atoms with E-state index in [0.29, 0.717) is 41.3 Å². The quantitative estimate of drug-likeness (QED) is 0.842. The number of carbonyl (C=O) groups excluding carboxylic acids is 1. The van der Waals surface area contributed by atoms with Crippen molar-refractivity contribution < 1.29 is 9.53 Å². The second-order valence-electron chi connectivity index (χ2n) is 5.21. The highest BCUT2D eigenvalue weighted by Crippen LogP contribution is 2.27. The van der Waals surface area contributed by atoms with Crippen LogP contribution in [0.25, 0.3) is 5.13 Å². The Morgan fingerprint density at radius 3 is 2.50 bits per heavy atom. The van der Waals surface area contributed by atoms with Gasteiger partial charge in [-0.25, -0.2) is 9.67 Å². The molecule has 0 unspecified atom stereocenters. The molecule has 3 heterocycles. The van der Waals surface area contributed by atoms with Gasteiger partial charge in [-0.1, -0.05) is 22.9 Å². The highest BCUT2D eigenvalue weighted by Gasteiger charge is 2.24. The van der Waals surface area contributed by atoms with Crippen molar-refractivity contribution in [3.05, 3.63) is 27.0 Å². The lowest BCUT2D eigenvalue weighted by Crippen LogP contribution is -2.40. The van der Waals surface area contributed by atoms with Crippen LogP contribution in [0.1, 0.15) is 26.8 Å². The lowest BCUT2D eigenvalue weighted by molar-refractivity contribution is 0.0305. The van der Waals surface area contributed by atoms with Gasteiger partial charge in [-0.3, -0.25) is 4.79 Å². The number of halogens is 1. The Kier molecular flexibility index (Phi) is 4.20. The van der Waals surface area contributed by atoms with Gasteiger partial charge in [0.1, 0.15) is 4.88 Å². The fraction of sp³-hybridized carbons (Fsp3) is 0.500. The Labute approximate surface area is 137 Å². The molecular weight excluding hydrogens is 324 g/mol. The van der Waals surface area contributed by atoms with Gasteiger partial charge in [-0.05, 0) is 20.8 Å². The number of amides is 1. The molecule has 0 aliphatic carbocycles. The van der Waals surface area contributed by atoms with Crippen molar-refractivity contribution in [3.63, 3.8) is 0 Å². The first-order chi connectivity index (χ1) is 10.5. The third-order valence-electron chi connectivity index (χ3n) is 3.66. The molecule has 0 saturated carbocycles. The van der Waals surface area contributed by atoms with Gasteiger partial charge in [0.15, 0.2) is 0 Å². The summed E-state index contributed by atoms with van der Waals surface area (Å²) in [6.45, 7) is 8.01. The van der Waals surface area contributed by atoms with Crippen molar-refractivity contribution in [1.29, 1.82) is 0 Å². The number of nitrogens with zero attached hydrogens (tertiary/aromatic N) is 4. The first-order valence-corrected chi connectivity index (χ1v) is 8.25. The Morgan fingerprint density at radius 1 is 1.23 bits per heavy atom. The molecule has 1 aliphatic rings. The molecule has 0 N–H and O–H groups in total. The largest absolute Gasteiger partial charge is 0.378 e. The maximum atomic E-state index is 12.6. The molecule has 0 atom stereocenters. The molecule has 1 aliphatic heterocycles. The van der Waals surface area contributed by atoms with Gasteiger partial charge < -0.3 is 9.64 Å². The number of hydrogen-bond donors (Lipinski definition) is 0. The van der Waals surface area contributed by atoms with E-state index in [1.54, 1.807) is 4.68 Å². The third-order valence-corrected chi connectivity index (χ3v) is 5.33. The molecule has 118 valence electrons. The van der Waals surface area contributed by atoms with E-state index in [1.165, 1.54) is 11.3 Å². The summed E-state index contributed by atoms with van der Waals surface area (Å²) in [5, 5.41) is 5.70. The normalized spacial score (nSPS) is 15.4. The van der Waals surface area contributed by atoms with Gasteiger partial charge in [0.05, 0.1) is 35.3 Å². The van der Waals surface area contributed by atoms with E-state index < -0.39 is 0 Å². The Balaban J connectivity index is 1.93. The molecule has 6 nitrogen and oxygen atoms in total. The van der Waals surface area contributed by atoms with Crippen LogP contribution in [0, 0.1) is 20.8 Å². The molecule has 1 fully saturated rings. The lowest BCUT2D eigenvalue weighted by atomic mass is 10.3. The van der Waals surface area contributed by atoms with Crippen LogP contribution in [0.4, 0.5) is 0 Å². The minimum Gasteiger partial charge on any atom is -0.378 e. The molecule has 0 radical (unpaired) electrons. The first kappa shape index (κ1) is 15.5. The lowest BCUT2D eigenvalue weighted by Gasteiger charge is -2.26. The summed E-state index contributed by atoms with van der Waals surface area (Å²) < 4.78 is 6.99. The highest BCUT2D eigenvalue weighted by atomic mass is 35.5. The molecule has 2 aromatic heterocycles. The third kappa shape index (κ3) is 2.64. The van der Waals surface area contributed by atoms with E-state index in [-0.39, 0.29) is 5.91 Å². The van der Waals surface area contributed by atoms with Gasteiger partial charge >= 0.3 is 0 Å². The van der Waals surface area contributed by atoms with Crippen molar-refractivity contribution in [1.82, 2.24) is 19.7 Å².